The SMILES string of the molecule is CC(C)c1nnsc1C(NN)c1cc(F)ccc1Cl. The lowest BCUT2D eigenvalue weighted by atomic mass is 10.0. The van der Waals surface area contributed by atoms with Crippen LogP contribution in [0.25, 0.3) is 0 Å². The number of nitrogens with one attached hydrogen (secondary N) is 1. The molecule has 2 aromatic rings. The van der Waals surface area contributed by atoms with Crippen LogP contribution in [0, 0.1) is 5.82 Å². The van der Waals surface area contributed by atoms with Gasteiger partial charge < -0.3 is 0 Å². The predicted molar refractivity (Wildman–Crippen MR) is 74.6 cm³/mol. The zero-order valence-corrected chi connectivity index (χ0v) is 12.1. The lowest BCUT2D eigenvalue weighted by Crippen LogP contribution is -2.29. The summed E-state index contributed by atoms with van der Waals surface area (Å²) < 4.78 is 17.3. The van der Waals surface area contributed by atoms with E-state index in [0.717, 1.165) is 10.6 Å². The minimum Gasteiger partial charge on any atom is -0.271 e. The van der Waals surface area contributed by atoms with Gasteiger partial charge in [0.05, 0.1) is 16.6 Å². The fourth-order valence-electron chi connectivity index (χ4n) is 1.85. The highest BCUT2D eigenvalue weighted by molar-refractivity contribution is 7.05. The number of hydrogen-bond acceptors (Lipinski definition) is 5. The highest BCUT2D eigenvalue weighted by atomic mass is 35.5. The van der Waals surface area contributed by atoms with Crippen molar-refractivity contribution >= 4 is 23.1 Å². The standard InChI is InChI=1S/C12H14ClFN4S/c1-6(2)10-12(19-18-17-10)11(16-15)8-5-7(14)3-4-9(8)13/h3-6,11,16H,15H2,1-2H3. The Morgan fingerprint density at radius 1 is 1.42 bits per heavy atom. The van der Waals surface area contributed by atoms with E-state index in [0.29, 0.717) is 10.6 Å². The number of hydrogen-bond donors (Lipinski definition) is 2. The summed E-state index contributed by atoms with van der Waals surface area (Å²) >= 11 is 7.36. The summed E-state index contributed by atoms with van der Waals surface area (Å²) in [5.41, 5.74) is 4.09. The summed E-state index contributed by atoms with van der Waals surface area (Å²) in [5.74, 6) is 5.45. The topological polar surface area (TPSA) is 63.8 Å². The molecule has 1 atom stereocenters. The normalized spacial score (nSPS) is 12.9. The van der Waals surface area contributed by atoms with Crippen LogP contribution in [0.15, 0.2) is 18.2 Å². The molecule has 1 heterocycles. The van der Waals surface area contributed by atoms with Crippen molar-refractivity contribution in [1.82, 2.24) is 15.0 Å². The summed E-state index contributed by atoms with van der Waals surface area (Å²) in [6.45, 7) is 4.03. The molecule has 0 radical (unpaired) electrons. The summed E-state index contributed by atoms with van der Waals surface area (Å²) in [5, 5.41) is 4.55. The average Bonchev–Trinajstić information content (AvgIpc) is 2.84. The number of hydrazine groups is 1. The molecule has 19 heavy (non-hydrogen) atoms. The second-order valence-corrected chi connectivity index (χ2v) is 5.64. The van der Waals surface area contributed by atoms with Gasteiger partial charge in [0.1, 0.15) is 5.82 Å². The van der Waals surface area contributed by atoms with Gasteiger partial charge in [0.25, 0.3) is 0 Å². The van der Waals surface area contributed by atoms with Crippen LogP contribution in [-0.2, 0) is 0 Å². The van der Waals surface area contributed by atoms with Crippen LogP contribution >= 0.6 is 23.1 Å². The van der Waals surface area contributed by atoms with Crippen molar-refractivity contribution in [3.8, 4) is 0 Å². The molecule has 4 nitrogen and oxygen atoms in total. The van der Waals surface area contributed by atoms with E-state index in [2.05, 4.69) is 15.0 Å². The Morgan fingerprint density at radius 2 is 2.16 bits per heavy atom. The summed E-state index contributed by atoms with van der Waals surface area (Å²) in [6.07, 6.45) is 0. The van der Waals surface area contributed by atoms with Gasteiger partial charge in [-0.05, 0) is 41.2 Å². The molecule has 7 heteroatoms. The smallest absolute Gasteiger partial charge is 0.123 e. The predicted octanol–water partition coefficient (Wildman–Crippen LogP) is 3.01. The molecular weight excluding hydrogens is 287 g/mol. The van der Waals surface area contributed by atoms with Gasteiger partial charge in [0, 0.05) is 5.02 Å². The van der Waals surface area contributed by atoms with E-state index in [1.165, 1.54) is 29.7 Å². The third-order valence-electron chi connectivity index (χ3n) is 2.78. The Morgan fingerprint density at radius 3 is 2.79 bits per heavy atom. The molecule has 0 saturated heterocycles. The van der Waals surface area contributed by atoms with Crippen molar-refractivity contribution in [3.05, 3.63) is 45.2 Å². The molecule has 0 saturated carbocycles. The Hall–Kier alpha value is -1.08. The van der Waals surface area contributed by atoms with Gasteiger partial charge in [0.2, 0.25) is 0 Å². The molecule has 102 valence electrons. The maximum absolute atomic E-state index is 13.4. The summed E-state index contributed by atoms with van der Waals surface area (Å²) in [4.78, 5) is 0.852. The quantitative estimate of drug-likeness (QED) is 0.673. The molecule has 0 aliphatic carbocycles. The molecule has 0 fully saturated rings. The second kappa shape index (κ2) is 5.92. The third kappa shape index (κ3) is 2.92. The molecule has 1 unspecified atom stereocenters. The summed E-state index contributed by atoms with van der Waals surface area (Å²) in [7, 11) is 0. The van der Waals surface area contributed by atoms with E-state index < -0.39 is 6.04 Å². The number of halogens is 2. The maximum atomic E-state index is 13.4. The minimum absolute atomic E-state index is 0.205. The Kier molecular flexibility index (Phi) is 4.46. The minimum atomic E-state index is -0.416. The molecule has 0 amide bonds. The molecule has 0 bridgehead atoms. The Balaban J connectivity index is 2.50. The highest BCUT2D eigenvalue weighted by Gasteiger charge is 2.24. The largest absolute Gasteiger partial charge is 0.271 e. The summed E-state index contributed by atoms with van der Waals surface area (Å²) in [6, 6.07) is 3.78. The molecule has 0 spiro atoms. The van der Waals surface area contributed by atoms with E-state index in [9.17, 15) is 4.39 Å². The second-order valence-electron chi connectivity index (χ2n) is 4.44. The van der Waals surface area contributed by atoms with E-state index in [1.54, 1.807) is 0 Å². The first-order valence-corrected chi connectivity index (χ1v) is 6.93. The van der Waals surface area contributed by atoms with Crippen LogP contribution in [0.4, 0.5) is 4.39 Å². The van der Waals surface area contributed by atoms with Crippen molar-refractivity contribution < 1.29 is 4.39 Å². The van der Waals surface area contributed by atoms with Gasteiger partial charge in [-0.3, -0.25) is 5.84 Å². The van der Waals surface area contributed by atoms with Crippen LogP contribution in [0.3, 0.4) is 0 Å². The van der Waals surface area contributed by atoms with Crippen molar-refractivity contribution in [3.63, 3.8) is 0 Å². The zero-order chi connectivity index (χ0) is 14.0. The van der Waals surface area contributed by atoms with Crippen molar-refractivity contribution in [1.29, 1.82) is 0 Å². The lowest BCUT2D eigenvalue weighted by molar-refractivity contribution is 0.604. The fourth-order valence-corrected chi connectivity index (χ4v) is 2.96. The van der Waals surface area contributed by atoms with Gasteiger partial charge >= 0.3 is 0 Å². The van der Waals surface area contributed by atoms with Gasteiger partial charge in [-0.2, -0.15) is 0 Å². The Bertz CT molecular complexity index is 573. The molecule has 3 N–H and O–H groups in total. The number of rotatable bonds is 4. The monoisotopic (exact) mass is 300 g/mol. The molecule has 0 aliphatic rings. The van der Waals surface area contributed by atoms with Crippen molar-refractivity contribution in [2.75, 3.05) is 0 Å². The highest BCUT2D eigenvalue weighted by Crippen LogP contribution is 2.33. The number of benzene rings is 1. The third-order valence-corrected chi connectivity index (χ3v) is 3.93. The van der Waals surface area contributed by atoms with E-state index in [1.807, 2.05) is 13.8 Å². The van der Waals surface area contributed by atoms with Crippen LogP contribution in [0.2, 0.25) is 5.02 Å². The molecule has 0 aliphatic heterocycles. The van der Waals surface area contributed by atoms with Crippen LogP contribution < -0.4 is 11.3 Å². The zero-order valence-electron chi connectivity index (χ0n) is 10.5. The van der Waals surface area contributed by atoms with Gasteiger partial charge in [-0.15, -0.1) is 5.10 Å². The van der Waals surface area contributed by atoms with E-state index in [4.69, 9.17) is 17.4 Å². The van der Waals surface area contributed by atoms with Gasteiger partial charge in [-0.1, -0.05) is 29.9 Å². The Labute approximate surface area is 119 Å². The molecular formula is C12H14ClFN4S. The molecule has 1 aromatic carbocycles. The molecule has 1 aromatic heterocycles. The van der Waals surface area contributed by atoms with Crippen LogP contribution in [0.1, 0.15) is 41.9 Å². The van der Waals surface area contributed by atoms with E-state index >= 15 is 0 Å². The van der Waals surface area contributed by atoms with Gasteiger partial charge in [-0.25, -0.2) is 9.82 Å². The molecule has 2 rings (SSSR count). The first-order valence-electron chi connectivity index (χ1n) is 5.77. The first kappa shape index (κ1) is 14.3. The van der Waals surface area contributed by atoms with Crippen LogP contribution in [0.5, 0.6) is 0 Å². The van der Waals surface area contributed by atoms with Crippen LogP contribution in [-0.4, -0.2) is 9.59 Å². The van der Waals surface area contributed by atoms with Gasteiger partial charge in [0.15, 0.2) is 0 Å². The number of aromatic nitrogens is 2. The lowest BCUT2D eigenvalue weighted by Gasteiger charge is -2.18. The number of nitrogens with zero attached hydrogens (tertiary/aromatic N) is 2. The fraction of sp³-hybridized carbons (Fsp3) is 0.333. The first-order chi connectivity index (χ1) is 9.04. The van der Waals surface area contributed by atoms with Crippen molar-refractivity contribution in [2.24, 2.45) is 5.84 Å². The number of nitrogens with two attached hydrogens (primary N) is 1. The maximum Gasteiger partial charge on any atom is 0.123 e. The van der Waals surface area contributed by atoms with Crippen molar-refractivity contribution in [2.45, 2.75) is 25.8 Å². The van der Waals surface area contributed by atoms with E-state index in [-0.39, 0.29) is 11.7 Å². The average molecular weight is 301 g/mol.